The van der Waals surface area contributed by atoms with Crippen molar-refractivity contribution in [2.45, 2.75) is 150 Å². The zero-order valence-corrected chi connectivity index (χ0v) is 22.0. The van der Waals surface area contributed by atoms with Crippen LogP contribution >= 0.6 is 0 Å². The zero-order valence-electron chi connectivity index (χ0n) is 22.0. The van der Waals surface area contributed by atoms with Crippen LogP contribution in [0.3, 0.4) is 0 Å². The summed E-state index contributed by atoms with van der Waals surface area (Å²) < 4.78 is 25.4. The van der Waals surface area contributed by atoms with Crippen molar-refractivity contribution in [1.82, 2.24) is 0 Å². The van der Waals surface area contributed by atoms with Crippen LogP contribution in [0.2, 0.25) is 0 Å². The average molecular weight is 431 g/mol. The van der Waals surface area contributed by atoms with Crippen molar-refractivity contribution >= 4 is 0 Å². The number of rotatable bonds is 17. The number of allylic oxidation sites excluding steroid dienone is 1. The van der Waals surface area contributed by atoms with Crippen LogP contribution in [0.15, 0.2) is 12.7 Å². The molecule has 4 heteroatoms. The fraction of sp³-hybridized carbons (Fsp3) is 0.923. The van der Waals surface area contributed by atoms with E-state index in [1.165, 1.54) is 32.1 Å². The van der Waals surface area contributed by atoms with E-state index in [4.69, 9.17) is 18.9 Å². The number of hydrogen-bond donors (Lipinski definition) is 0. The summed E-state index contributed by atoms with van der Waals surface area (Å²) in [5, 5.41) is 0. The summed E-state index contributed by atoms with van der Waals surface area (Å²) in [6.07, 6.45) is 11.8. The van der Waals surface area contributed by atoms with Gasteiger partial charge in [-0.2, -0.15) is 0 Å². The van der Waals surface area contributed by atoms with Gasteiger partial charge in [0.1, 0.15) is 5.60 Å². The van der Waals surface area contributed by atoms with Crippen LogP contribution in [-0.4, -0.2) is 37.0 Å². The van der Waals surface area contributed by atoms with E-state index < -0.39 is 11.6 Å². The highest BCUT2D eigenvalue weighted by molar-refractivity contribution is 4.92. The van der Waals surface area contributed by atoms with Crippen LogP contribution in [0, 0.1) is 0 Å². The summed E-state index contributed by atoms with van der Waals surface area (Å²) in [6, 6.07) is 0. The van der Waals surface area contributed by atoms with Crippen LogP contribution in [0.25, 0.3) is 0 Å². The number of unbranched alkanes of at least 4 members (excludes halogenated alkanes) is 5. The molecular formula is C26H54O4. The predicted octanol–water partition coefficient (Wildman–Crippen LogP) is 8.04. The summed E-state index contributed by atoms with van der Waals surface area (Å²) in [4.78, 5) is 0. The van der Waals surface area contributed by atoms with Crippen LogP contribution in [0.1, 0.15) is 120 Å². The molecule has 0 N–H and O–H groups in total. The largest absolute Gasteiger partial charge is 0.370 e. The normalized spacial score (nSPS) is 14.0. The van der Waals surface area contributed by atoms with E-state index in [0.717, 1.165) is 25.7 Å². The zero-order chi connectivity index (χ0) is 23.6. The molecule has 0 aromatic heterocycles. The van der Waals surface area contributed by atoms with Crippen molar-refractivity contribution in [3.63, 3.8) is 0 Å². The number of ether oxygens (including phenoxy) is 4. The Morgan fingerprint density at radius 2 is 1.10 bits per heavy atom. The van der Waals surface area contributed by atoms with Crippen LogP contribution in [0.5, 0.6) is 0 Å². The Morgan fingerprint density at radius 3 is 1.43 bits per heavy atom. The van der Waals surface area contributed by atoms with Gasteiger partial charge < -0.3 is 18.9 Å². The van der Waals surface area contributed by atoms with Gasteiger partial charge in [0.05, 0.1) is 18.3 Å². The molecule has 0 amide bonds. The highest BCUT2D eigenvalue weighted by Gasteiger charge is 2.57. The molecule has 0 spiro atoms. The summed E-state index contributed by atoms with van der Waals surface area (Å²) in [5.41, 5.74) is -0.620. The Hall–Kier alpha value is -0.420. The third kappa shape index (κ3) is 12.4. The first kappa shape index (κ1) is 31.8. The van der Waals surface area contributed by atoms with E-state index in [9.17, 15) is 0 Å². The second kappa shape index (κ2) is 18.2. The highest BCUT2D eigenvalue weighted by atomic mass is 16.9. The SMILES string of the molecule is C=CC.CCCCCCCCC(CCC)(OC)C(OC(C)C)(OC(C)C)OC(C)C. The van der Waals surface area contributed by atoms with Gasteiger partial charge in [0.15, 0.2) is 0 Å². The van der Waals surface area contributed by atoms with Gasteiger partial charge in [0.25, 0.3) is 0 Å². The molecule has 1 unspecified atom stereocenters. The van der Waals surface area contributed by atoms with Gasteiger partial charge >= 0.3 is 5.97 Å². The average Bonchev–Trinajstić information content (AvgIpc) is 2.62. The van der Waals surface area contributed by atoms with Crippen molar-refractivity contribution in [1.29, 1.82) is 0 Å². The lowest BCUT2D eigenvalue weighted by molar-refractivity contribution is -0.469. The van der Waals surface area contributed by atoms with Crippen LogP contribution in [0.4, 0.5) is 0 Å². The molecular weight excluding hydrogens is 376 g/mol. The third-order valence-corrected chi connectivity index (χ3v) is 4.71. The lowest BCUT2D eigenvalue weighted by Gasteiger charge is -2.50. The van der Waals surface area contributed by atoms with E-state index >= 15 is 0 Å². The lowest BCUT2D eigenvalue weighted by atomic mass is 9.87. The quantitative estimate of drug-likeness (QED) is 0.133. The molecule has 0 fully saturated rings. The molecule has 0 aliphatic heterocycles. The van der Waals surface area contributed by atoms with Gasteiger partial charge in [0.2, 0.25) is 0 Å². The summed E-state index contributed by atoms with van der Waals surface area (Å²) in [6.45, 7) is 21.8. The van der Waals surface area contributed by atoms with Gasteiger partial charge in [0, 0.05) is 7.11 Å². The first-order valence-electron chi connectivity index (χ1n) is 12.3. The fourth-order valence-electron chi connectivity index (χ4n) is 3.69. The maximum absolute atomic E-state index is 6.39. The Kier molecular flexibility index (Phi) is 19.2. The lowest BCUT2D eigenvalue weighted by Crippen LogP contribution is -2.63. The molecule has 0 saturated carbocycles. The summed E-state index contributed by atoms with van der Waals surface area (Å²) in [7, 11) is 1.78. The molecule has 0 aromatic carbocycles. The topological polar surface area (TPSA) is 36.9 Å². The minimum Gasteiger partial charge on any atom is -0.370 e. The summed E-state index contributed by atoms with van der Waals surface area (Å²) in [5.74, 6) is -1.20. The van der Waals surface area contributed by atoms with Crippen molar-refractivity contribution < 1.29 is 18.9 Å². The third-order valence-electron chi connectivity index (χ3n) is 4.71. The molecule has 4 nitrogen and oxygen atoms in total. The van der Waals surface area contributed by atoms with Gasteiger partial charge in [-0.3, -0.25) is 0 Å². The first-order valence-corrected chi connectivity index (χ1v) is 12.3. The Morgan fingerprint density at radius 1 is 0.700 bits per heavy atom. The van der Waals surface area contributed by atoms with Gasteiger partial charge in [-0.05, 0) is 61.3 Å². The Bertz CT molecular complexity index is 366. The van der Waals surface area contributed by atoms with Crippen molar-refractivity contribution in [3.8, 4) is 0 Å². The van der Waals surface area contributed by atoms with Crippen LogP contribution < -0.4 is 0 Å². The van der Waals surface area contributed by atoms with E-state index in [-0.39, 0.29) is 18.3 Å². The second-order valence-corrected chi connectivity index (χ2v) is 8.93. The van der Waals surface area contributed by atoms with Gasteiger partial charge in [-0.15, -0.1) is 6.58 Å². The van der Waals surface area contributed by atoms with Gasteiger partial charge in [-0.25, -0.2) is 0 Å². The van der Waals surface area contributed by atoms with Crippen molar-refractivity contribution in [2.24, 2.45) is 0 Å². The highest BCUT2D eigenvalue weighted by Crippen LogP contribution is 2.42. The van der Waals surface area contributed by atoms with E-state index in [2.05, 4.69) is 20.4 Å². The molecule has 30 heavy (non-hydrogen) atoms. The molecule has 0 bridgehead atoms. The second-order valence-electron chi connectivity index (χ2n) is 8.93. The van der Waals surface area contributed by atoms with Crippen molar-refractivity contribution in [3.05, 3.63) is 12.7 Å². The molecule has 0 aromatic rings. The van der Waals surface area contributed by atoms with E-state index in [0.29, 0.717) is 0 Å². The maximum atomic E-state index is 6.39. The minimum absolute atomic E-state index is 0.0292. The van der Waals surface area contributed by atoms with E-state index in [1.54, 1.807) is 13.2 Å². The van der Waals surface area contributed by atoms with Crippen molar-refractivity contribution in [2.75, 3.05) is 7.11 Å². The molecule has 182 valence electrons. The minimum atomic E-state index is -1.20. The van der Waals surface area contributed by atoms with Gasteiger partial charge in [-0.1, -0.05) is 64.9 Å². The molecule has 0 saturated heterocycles. The molecule has 1 atom stereocenters. The first-order chi connectivity index (χ1) is 14.1. The summed E-state index contributed by atoms with van der Waals surface area (Å²) >= 11 is 0. The van der Waals surface area contributed by atoms with E-state index in [1.807, 2.05) is 48.5 Å². The number of hydrogen-bond acceptors (Lipinski definition) is 4. The maximum Gasteiger partial charge on any atom is 0.314 e. The molecule has 0 aliphatic rings. The smallest absolute Gasteiger partial charge is 0.314 e. The molecule has 0 aliphatic carbocycles. The molecule has 0 rings (SSSR count). The fourth-order valence-corrected chi connectivity index (χ4v) is 3.69. The predicted molar refractivity (Wildman–Crippen MR) is 130 cm³/mol. The number of methoxy groups -OCH3 is 1. The van der Waals surface area contributed by atoms with Crippen LogP contribution in [-0.2, 0) is 18.9 Å². The standard InChI is InChI=1S/C23H48O4.C3H6/c1-10-12-13-14-15-16-18-22(24-9,17-11-2)23(25-19(3)4,26-20(5)6)27-21(7)8;1-3-2/h19-21H,10-18H2,1-9H3;3H,1H2,2H3. The monoisotopic (exact) mass is 430 g/mol. The Labute approximate surface area is 189 Å². The molecule has 0 radical (unpaired) electrons. The Balaban J connectivity index is 0. The molecule has 0 heterocycles.